The number of hydrogen-bond acceptors (Lipinski definition) is 5. The lowest BCUT2D eigenvalue weighted by atomic mass is 10.00. The van der Waals surface area contributed by atoms with Gasteiger partial charge in [0.25, 0.3) is 0 Å². The molecule has 6 heteroatoms. The second-order valence-corrected chi connectivity index (χ2v) is 6.61. The van der Waals surface area contributed by atoms with Crippen LogP contribution in [0.5, 0.6) is 0 Å². The minimum Gasteiger partial charge on any atom is -0.342 e. The quantitative estimate of drug-likeness (QED) is 0.942. The number of anilines is 2. The Morgan fingerprint density at radius 3 is 3.18 bits per heavy atom. The van der Waals surface area contributed by atoms with Gasteiger partial charge in [-0.25, -0.2) is 9.97 Å². The molecule has 1 aliphatic heterocycles. The van der Waals surface area contributed by atoms with Crippen LogP contribution in [-0.2, 0) is 11.2 Å². The lowest BCUT2D eigenvalue weighted by molar-refractivity contribution is -0.132. The Kier molecular flexibility index (Phi) is 4.68. The van der Waals surface area contributed by atoms with E-state index in [2.05, 4.69) is 22.2 Å². The summed E-state index contributed by atoms with van der Waals surface area (Å²) in [7, 11) is 0. The summed E-state index contributed by atoms with van der Waals surface area (Å²) in [5.74, 6) is 1.55. The first kappa shape index (κ1) is 15.0. The Morgan fingerprint density at radius 1 is 1.50 bits per heavy atom. The highest BCUT2D eigenvalue weighted by atomic mass is 32.1. The number of hydrogen-bond donors (Lipinski definition) is 1. The molecule has 0 bridgehead atoms. The third kappa shape index (κ3) is 3.82. The molecule has 0 saturated carbocycles. The molecule has 0 aromatic carbocycles. The SMILES string of the molecule is CC1CCCN(C(=O)Cc2csc(Nc3ccccn3)n2)C1. The molecule has 1 fully saturated rings. The monoisotopic (exact) mass is 316 g/mol. The Labute approximate surface area is 134 Å². The van der Waals surface area contributed by atoms with Gasteiger partial charge in [-0.15, -0.1) is 11.3 Å². The zero-order valence-electron chi connectivity index (χ0n) is 12.7. The summed E-state index contributed by atoms with van der Waals surface area (Å²) in [6.45, 7) is 3.96. The summed E-state index contributed by atoms with van der Waals surface area (Å²) in [6.07, 6.45) is 4.44. The van der Waals surface area contributed by atoms with Gasteiger partial charge in [0.1, 0.15) is 5.82 Å². The smallest absolute Gasteiger partial charge is 0.228 e. The van der Waals surface area contributed by atoms with Gasteiger partial charge in [0, 0.05) is 24.7 Å². The maximum absolute atomic E-state index is 12.3. The first-order chi connectivity index (χ1) is 10.7. The van der Waals surface area contributed by atoms with E-state index in [9.17, 15) is 4.79 Å². The van der Waals surface area contributed by atoms with Crippen LogP contribution < -0.4 is 5.32 Å². The lowest BCUT2D eigenvalue weighted by Gasteiger charge is -2.30. The predicted molar refractivity (Wildman–Crippen MR) is 88.3 cm³/mol. The van der Waals surface area contributed by atoms with Crippen molar-refractivity contribution in [3.63, 3.8) is 0 Å². The largest absolute Gasteiger partial charge is 0.342 e. The van der Waals surface area contributed by atoms with Gasteiger partial charge in [0.05, 0.1) is 12.1 Å². The van der Waals surface area contributed by atoms with Crippen LogP contribution in [0.25, 0.3) is 0 Å². The molecule has 116 valence electrons. The van der Waals surface area contributed by atoms with Gasteiger partial charge < -0.3 is 10.2 Å². The second-order valence-electron chi connectivity index (χ2n) is 5.75. The van der Waals surface area contributed by atoms with Crippen LogP contribution in [0.1, 0.15) is 25.5 Å². The van der Waals surface area contributed by atoms with Crippen molar-refractivity contribution in [1.82, 2.24) is 14.9 Å². The number of aromatic nitrogens is 2. The Morgan fingerprint density at radius 2 is 2.41 bits per heavy atom. The molecule has 1 atom stereocenters. The van der Waals surface area contributed by atoms with Gasteiger partial charge in [-0.05, 0) is 30.9 Å². The van der Waals surface area contributed by atoms with Crippen molar-refractivity contribution in [1.29, 1.82) is 0 Å². The van der Waals surface area contributed by atoms with Crippen LogP contribution in [0.3, 0.4) is 0 Å². The van der Waals surface area contributed by atoms with Gasteiger partial charge in [-0.2, -0.15) is 0 Å². The molecule has 2 aromatic heterocycles. The van der Waals surface area contributed by atoms with Crippen LogP contribution in [0.15, 0.2) is 29.8 Å². The molecule has 0 radical (unpaired) electrons. The van der Waals surface area contributed by atoms with Crippen molar-refractivity contribution in [2.75, 3.05) is 18.4 Å². The fraction of sp³-hybridized carbons (Fsp3) is 0.438. The number of nitrogens with zero attached hydrogens (tertiary/aromatic N) is 3. The second kappa shape index (κ2) is 6.87. The number of nitrogens with one attached hydrogen (secondary N) is 1. The molecular weight excluding hydrogens is 296 g/mol. The van der Waals surface area contributed by atoms with Crippen molar-refractivity contribution in [3.8, 4) is 0 Å². The fourth-order valence-electron chi connectivity index (χ4n) is 2.67. The van der Waals surface area contributed by atoms with E-state index >= 15 is 0 Å². The van der Waals surface area contributed by atoms with Crippen molar-refractivity contribution >= 4 is 28.2 Å². The van der Waals surface area contributed by atoms with Crippen molar-refractivity contribution < 1.29 is 4.79 Å². The molecular formula is C16H20N4OS. The molecule has 1 amide bonds. The number of piperidine rings is 1. The van der Waals surface area contributed by atoms with E-state index < -0.39 is 0 Å². The molecule has 22 heavy (non-hydrogen) atoms. The van der Waals surface area contributed by atoms with Gasteiger partial charge in [0.15, 0.2) is 5.13 Å². The summed E-state index contributed by atoms with van der Waals surface area (Å²) in [6, 6.07) is 5.68. The van der Waals surface area contributed by atoms with E-state index in [0.29, 0.717) is 12.3 Å². The van der Waals surface area contributed by atoms with Crippen LogP contribution >= 0.6 is 11.3 Å². The van der Waals surface area contributed by atoms with Crippen molar-refractivity contribution in [3.05, 3.63) is 35.5 Å². The molecule has 0 spiro atoms. The zero-order valence-corrected chi connectivity index (χ0v) is 13.5. The van der Waals surface area contributed by atoms with Crippen LogP contribution in [0, 0.1) is 5.92 Å². The van der Waals surface area contributed by atoms with Gasteiger partial charge in [0.2, 0.25) is 5.91 Å². The Hall–Kier alpha value is -1.95. The predicted octanol–water partition coefficient (Wildman–Crippen LogP) is 3.08. The molecule has 3 rings (SSSR count). The average molecular weight is 316 g/mol. The topological polar surface area (TPSA) is 58.1 Å². The number of amides is 1. The number of likely N-dealkylation sites (tertiary alicyclic amines) is 1. The summed E-state index contributed by atoms with van der Waals surface area (Å²) >= 11 is 1.50. The van der Waals surface area contributed by atoms with Gasteiger partial charge >= 0.3 is 0 Å². The van der Waals surface area contributed by atoms with E-state index in [4.69, 9.17) is 0 Å². The van der Waals surface area contributed by atoms with E-state index in [1.54, 1.807) is 6.20 Å². The average Bonchev–Trinajstić information content (AvgIpc) is 2.95. The molecule has 3 heterocycles. The number of carbonyl (C=O) groups is 1. The standard InChI is InChI=1S/C16H20N4OS/c1-12-5-4-8-20(10-12)15(21)9-13-11-22-16(18-13)19-14-6-2-3-7-17-14/h2-3,6-7,11-12H,4-5,8-10H2,1H3,(H,17,18,19). The van der Waals surface area contributed by atoms with Crippen LogP contribution in [-0.4, -0.2) is 33.9 Å². The molecule has 2 aromatic rings. The third-order valence-corrected chi connectivity index (χ3v) is 4.60. The number of pyridine rings is 1. The van der Waals surface area contributed by atoms with Crippen LogP contribution in [0.2, 0.25) is 0 Å². The molecule has 1 unspecified atom stereocenters. The van der Waals surface area contributed by atoms with Crippen LogP contribution in [0.4, 0.5) is 10.9 Å². The van der Waals surface area contributed by atoms with Gasteiger partial charge in [-0.3, -0.25) is 4.79 Å². The highest BCUT2D eigenvalue weighted by Gasteiger charge is 2.21. The maximum atomic E-state index is 12.3. The Balaban J connectivity index is 1.58. The van der Waals surface area contributed by atoms with Crippen molar-refractivity contribution in [2.45, 2.75) is 26.2 Å². The highest BCUT2D eigenvalue weighted by Crippen LogP contribution is 2.21. The first-order valence-electron chi connectivity index (χ1n) is 7.61. The first-order valence-corrected chi connectivity index (χ1v) is 8.49. The number of thiazole rings is 1. The lowest BCUT2D eigenvalue weighted by Crippen LogP contribution is -2.39. The van der Waals surface area contributed by atoms with Crippen molar-refractivity contribution in [2.24, 2.45) is 5.92 Å². The van der Waals surface area contributed by atoms with E-state index in [1.165, 1.54) is 17.8 Å². The summed E-state index contributed by atoms with van der Waals surface area (Å²) in [4.78, 5) is 23.0. The summed E-state index contributed by atoms with van der Waals surface area (Å²) in [5.41, 5.74) is 0.826. The van der Waals surface area contributed by atoms with Gasteiger partial charge in [-0.1, -0.05) is 13.0 Å². The molecule has 0 aliphatic carbocycles. The number of rotatable bonds is 4. The minimum absolute atomic E-state index is 0.182. The van der Waals surface area contributed by atoms with E-state index in [1.807, 2.05) is 28.5 Å². The summed E-state index contributed by atoms with van der Waals surface area (Å²) < 4.78 is 0. The fourth-order valence-corrected chi connectivity index (χ4v) is 3.39. The molecule has 1 aliphatic rings. The molecule has 1 N–H and O–H groups in total. The highest BCUT2D eigenvalue weighted by molar-refractivity contribution is 7.13. The Bertz CT molecular complexity index is 628. The zero-order chi connectivity index (χ0) is 15.4. The van der Waals surface area contributed by atoms with E-state index in [-0.39, 0.29) is 5.91 Å². The van der Waals surface area contributed by atoms with E-state index in [0.717, 1.165) is 36.2 Å². The normalized spacial score (nSPS) is 18.2. The maximum Gasteiger partial charge on any atom is 0.228 e. The number of carbonyl (C=O) groups excluding carboxylic acids is 1. The molecule has 5 nitrogen and oxygen atoms in total. The summed E-state index contributed by atoms with van der Waals surface area (Å²) in [5, 5.41) is 5.87. The molecule has 1 saturated heterocycles. The minimum atomic E-state index is 0.182. The third-order valence-electron chi connectivity index (χ3n) is 3.79.